The van der Waals surface area contributed by atoms with E-state index in [1.807, 2.05) is 72.8 Å². The zero-order valence-corrected chi connectivity index (χ0v) is 28.7. The first-order valence-corrected chi connectivity index (χ1v) is 16.4. The number of nitrogens with zero attached hydrogens (tertiary/aromatic N) is 6. The van der Waals surface area contributed by atoms with E-state index in [1.54, 1.807) is 26.0 Å². The second kappa shape index (κ2) is 12.2. The maximum absolute atomic E-state index is 12.9. The molecule has 14 heteroatoms. The number of anilines is 1. The molecule has 6 aromatic rings. The second-order valence-electron chi connectivity index (χ2n) is 10.1. The van der Waals surface area contributed by atoms with Crippen molar-refractivity contribution in [3.8, 4) is 21.1 Å². The first-order valence-electron chi connectivity index (χ1n) is 13.4. The van der Waals surface area contributed by atoms with Crippen molar-refractivity contribution in [2.24, 2.45) is 15.3 Å². The molecule has 0 spiro atoms. The molecule has 0 N–H and O–H groups in total. The number of hydrogen-bond donors (Lipinski definition) is 0. The molecular weight excluding hydrogens is 640 g/mol. The van der Waals surface area contributed by atoms with Gasteiger partial charge in [-0.25, -0.2) is 18.4 Å². The van der Waals surface area contributed by atoms with Gasteiger partial charge in [0.1, 0.15) is 20.1 Å². The maximum atomic E-state index is 12.9. The van der Waals surface area contributed by atoms with Crippen LogP contribution in [0.1, 0.15) is 12.5 Å². The number of para-hydroxylation sites is 1. The third kappa shape index (κ3) is 6.00. The van der Waals surface area contributed by atoms with Gasteiger partial charge in [0.05, 0.1) is 42.4 Å². The number of aromatic nitrogens is 2. The van der Waals surface area contributed by atoms with Gasteiger partial charge in [-0.3, -0.25) is 4.79 Å². The molecule has 218 valence electrons. The molecule has 0 bridgehead atoms. The minimum atomic E-state index is -4.64. The molecule has 1 unspecified atom stereocenters. The smallest absolute Gasteiger partial charge is 0.744 e. The molecule has 1 aliphatic rings. The number of fused-ring (bicyclic) bond motifs is 2. The largest absolute Gasteiger partial charge is 1.00 e. The summed E-state index contributed by atoms with van der Waals surface area (Å²) in [5.41, 5.74) is 5.26. The molecule has 3 heterocycles. The van der Waals surface area contributed by atoms with Crippen LogP contribution < -0.4 is 34.6 Å². The summed E-state index contributed by atoms with van der Waals surface area (Å²) < 4.78 is 37.0. The first kappa shape index (κ1) is 31.3. The van der Waals surface area contributed by atoms with Gasteiger partial charge >= 0.3 is 29.6 Å². The Hall–Kier alpha value is -3.69. The van der Waals surface area contributed by atoms with Crippen LogP contribution in [0.5, 0.6) is 0 Å². The molecule has 1 atom stereocenters. The fourth-order valence-electron chi connectivity index (χ4n) is 4.92. The van der Waals surface area contributed by atoms with Crippen LogP contribution in [-0.2, 0) is 14.9 Å². The average Bonchev–Trinajstić information content (AvgIpc) is 3.71. The quantitative estimate of drug-likeness (QED) is 0.148. The predicted molar refractivity (Wildman–Crippen MR) is 172 cm³/mol. The van der Waals surface area contributed by atoms with Crippen molar-refractivity contribution in [2.75, 3.05) is 5.01 Å². The standard InChI is InChI=1S/C31H22N6O4S3.Na/c1-17-8-14-24-27(28(17)44(39,40)41)43-30(33-24)20-11-15-23-25(16-20)42-29(32-23)19-9-12-21(13-10-19)34-35-26-18(2)36-37(31(26)38)22-6-4-3-5-7-22;/h3-16,26H,1-2H3,(H,39,40,41);/q;+1/p-1. The summed E-state index contributed by atoms with van der Waals surface area (Å²) in [5, 5.41) is 15.7. The third-order valence-electron chi connectivity index (χ3n) is 7.09. The van der Waals surface area contributed by atoms with Crippen LogP contribution in [0, 0.1) is 6.92 Å². The number of carbonyl (C=O) groups is 1. The summed E-state index contributed by atoms with van der Waals surface area (Å²) in [5.74, 6) is -0.250. The number of azo groups is 1. The normalized spacial score (nSPS) is 15.3. The van der Waals surface area contributed by atoms with Gasteiger partial charge in [0.25, 0.3) is 5.91 Å². The minimum absolute atomic E-state index is 0. The van der Waals surface area contributed by atoms with Gasteiger partial charge in [-0.05, 0) is 80.1 Å². The van der Waals surface area contributed by atoms with Crippen LogP contribution in [-0.4, -0.2) is 40.6 Å². The number of aryl methyl sites for hydroxylation is 1. The molecule has 45 heavy (non-hydrogen) atoms. The molecule has 1 aliphatic heterocycles. The Morgan fingerprint density at radius 2 is 1.51 bits per heavy atom. The molecule has 7 rings (SSSR count). The van der Waals surface area contributed by atoms with Crippen molar-refractivity contribution in [3.05, 3.63) is 90.5 Å². The van der Waals surface area contributed by atoms with Gasteiger partial charge in [0.2, 0.25) is 0 Å². The van der Waals surface area contributed by atoms with Gasteiger partial charge in [-0.1, -0.05) is 24.3 Å². The van der Waals surface area contributed by atoms with Crippen molar-refractivity contribution in [3.63, 3.8) is 0 Å². The first-order chi connectivity index (χ1) is 21.2. The second-order valence-corrected chi connectivity index (χ2v) is 13.5. The molecule has 2 aromatic heterocycles. The van der Waals surface area contributed by atoms with Crippen LogP contribution in [0.4, 0.5) is 11.4 Å². The number of thiazole rings is 2. The van der Waals surface area contributed by atoms with Crippen molar-refractivity contribution >= 4 is 76.2 Å². The molecule has 4 aromatic carbocycles. The number of hydrazone groups is 1. The SMILES string of the molecule is CC1=NN(c2ccccc2)C(=O)C1N=Nc1ccc(-c2nc3ccc(-c4nc5ccc(C)c(S(=O)(=O)[O-])c5s4)cc3s2)cc1.[Na+]. The Balaban J connectivity index is 0.00000357. The van der Waals surface area contributed by atoms with Crippen LogP contribution in [0.15, 0.2) is 105 Å². The number of hydrogen-bond acceptors (Lipinski definition) is 11. The van der Waals surface area contributed by atoms with Crippen molar-refractivity contribution in [1.82, 2.24) is 9.97 Å². The Morgan fingerprint density at radius 3 is 2.24 bits per heavy atom. The van der Waals surface area contributed by atoms with E-state index in [9.17, 15) is 17.8 Å². The van der Waals surface area contributed by atoms with E-state index in [1.165, 1.54) is 27.7 Å². The Kier molecular flexibility index (Phi) is 8.52. The van der Waals surface area contributed by atoms with Gasteiger partial charge in [-0.2, -0.15) is 20.3 Å². The van der Waals surface area contributed by atoms with Crippen molar-refractivity contribution in [2.45, 2.75) is 24.8 Å². The summed E-state index contributed by atoms with van der Waals surface area (Å²) in [4.78, 5) is 22.1. The third-order valence-corrected chi connectivity index (χ3v) is 10.5. The van der Waals surface area contributed by atoms with Crippen molar-refractivity contribution in [1.29, 1.82) is 0 Å². The summed E-state index contributed by atoms with van der Waals surface area (Å²) in [6.45, 7) is 3.37. The van der Waals surface area contributed by atoms with E-state index < -0.39 is 16.2 Å². The summed E-state index contributed by atoms with van der Waals surface area (Å²) >= 11 is 2.70. The fourth-order valence-corrected chi connectivity index (χ4v) is 8.21. The molecule has 0 saturated heterocycles. The Morgan fingerprint density at radius 1 is 0.844 bits per heavy atom. The maximum Gasteiger partial charge on any atom is 1.00 e. The molecule has 0 aliphatic carbocycles. The number of benzene rings is 4. The van der Waals surface area contributed by atoms with Gasteiger partial charge in [-0.15, -0.1) is 22.7 Å². The van der Waals surface area contributed by atoms with E-state index >= 15 is 0 Å². The molecule has 0 fully saturated rings. The number of amides is 1. The summed E-state index contributed by atoms with van der Waals surface area (Å²) in [6.07, 6.45) is 0. The van der Waals surface area contributed by atoms with E-state index in [2.05, 4.69) is 20.3 Å². The molecule has 0 saturated carbocycles. The minimum Gasteiger partial charge on any atom is -0.744 e. The van der Waals surface area contributed by atoms with Crippen LogP contribution in [0.2, 0.25) is 0 Å². The van der Waals surface area contributed by atoms with E-state index in [0.717, 1.165) is 26.4 Å². The van der Waals surface area contributed by atoms with E-state index in [0.29, 0.717) is 37.9 Å². The number of carbonyl (C=O) groups excluding carboxylic acids is 1. The van der Waals surface area contributed by atoms with Crippen molar-refractivity contribution < 1.29 is 47.3 Å². The van der Waals surface area contributed by atoms with Gasteiger partial charge in [0.15, 0.2) is 6.04 Å². The van der Waals surface area contributed by atoms with Gasteiger partial charge < -0.3 is 4.55 Å². The van der Waals surface area contributed by atoms with E-state index in [4.69, 9.17) is 4.98 Å². The zero-order valence-electron chi connectivity index (χ0n) is 24.2. The van der Waals surface area contributed by atoms with Crippen LogP contribution in [0.3, 0.4) is 0 Å². The van der Waals surface area contributed by atoms with E-state index in [-0.39, 0.29) is 40.4 Å². The Labute approximate surface area is 288 Å². The molecule has 10 nitrogen and oxygen atoms in total. The fraction of sp³-hybridized carbons (Fsp3) is 0.0968. The topological polar surface area (TPSA) is 140 Å². The molecule has 1 amide bonds. The Bertz CT molecular complexity index is 2270. The van der Waals surface area contributed by atoms with Crippen LogP contribution in [0.25, 0.3) is 41.6 Å². The monoisotopic (exact) mass is 660 g/mol. The average molecular weight is 661 g/mol. The summed E-state index contributed by atoms with van der Waals surface area (Å²) in [7, 11) is -4.64. The molecular formula is C31H21N6NaO4S3. The molecule has 0 radical (unpaired) electrons. The van der Waals surface area contributed by atoms with Crippen LogP contribution >= 0.6 is 22.7 Å². The zero-order chi connectivity index (χ0) is 30.6. The van der Waals surface area contributed by atoms with Gasteiger partial charge in [0, 0.05) is 11.1 Å². The number of rotatable bonds is 6. The predicted octanol–water partition coefficient (Wildman–Crippen LogP) is 4.33. The summed E-state index contributed by atoms with van der Waals surface area (Å²) in [6, 6.07) is 25.0.